The number of carbonyl (C=O) groups is 1. The zero-order chi connectivity index (χ0) is 23.5. The van der Waals surface area contributed by atoms with Crippen molar-refractivity contribution in [2.45, 2.75) is 43.0 Å². The summed E-state index contributed by atoms with van der Waals surface area (Å²) in [6.07, 6.45) is -4.55. The third kappa shape index (κ3) is 5.80. The highest BCUT2D eigenvalue weighted by atomic mass is 32.2. The first-order valence-corrected chi connectivity index (χ1v) is 11.1. The van der Waals surface area contributed by atoms with Crippen LogP contribution in [0, 0.1) is 6.92 Å². The molecule has 32 heavy (non-hydrogen) atoms. The number of β-amino-alcohol motifs (C(OH)–C–C–N with tert-alkyl or cyclic N) is 1. The van der Waals surface area contributed by atoms with Gasteiger partial charge in [0, 0.05) is 11.8 Å². The highest BCUT2D eigenvalue weighted by Crippen LogP contribution is 2.27. The zero-order valence-corrected chi connectivity index (χ0v) is 18.2. The second-order valence-electron chi connectivity index (χ2n) is 7.62. The maximum absolute atomic E-state index is 12.8. The lowest BCUT2D eigenvalue weighted by atomic mass is 10.1. The van der Waals surface area contributed by atoms with E-state index in [0.29, 0.717) is 35.4 Å². The van der Waals surface area contributed by atoms with Crippen molar-refractivity contribution in [3.05, 3.63) is 39.9 Å². The fourth-order valence-corrected chi connectivity index (χ4v) is 4.62. The van der Waals surface area contributed by atoms with E-state index in [2.05, 4.69) is 9.82 Å². The summed E-state index contributed by atoms with van der Waals surface area (Å²) in [6, 6.07) is 4.73. The summed E-state index contributed by atoms with van der Waals surface area (Å²) in [5.74, 6) is -2.48. The average Bonchev–Trinajstić information content (AvgIpc) is 2.75. The van der Waals surface area contributed by atoms with Crippen LogP contribution in [0.5, 0.6) is 0 Å². The molecule has 1 aliphatic rings. The number of benzene rings is 1. The van der Waals surface area contributed by atoms with Crippen LogP contribution < -0.4 is 10.4 Å². The SMILES string of the molecule is Cc1cccc2c(=O)n(OC(=O)C(F)(F)F)c(CSC3CCN(C[C@@H](O)CO)CC3)nc12. The van der Waals surface area contributed by atoms with Crippen LogP contribution in [0.15, 0.2) is 23.0 Å². The smallest absolute Gasteiger partial charge is 0.394 e. The molecule has 0 aliphatic carbocycles. The van der Waals surface area contributed by atoms with Gasteiger partial charge >= 0.3 is 12.1 Å². The number of aryl methyl sites for hydroxylation is 1. The molecule has 2 aromatic rings. The molecule has 1 fully saturated rings. The molecule has 3 rings (SSSR count). The lowest BCUT2D eigenvalue weighted by molar-refractivity contribution is -0.200. The van der Waals surface area contributed by atoms with E-state index >= 15 is 0 Å². The Labute approximate surface area is 185 Å². The number of likely N-dealkylation sites (tertiary alicyclic amines) is 1. The number of nitrogens with zero attached hydrogens (tertiary/aromatic N) is 3. The Hall–Kier alpha value is -2.15. The summed E-state index contributed by atoms with van der Waals surface area (Å²) in [7, 11) is 0. The van der Waals surface area contributed by atoms with E-state index in [1.807, 2.05) is 4.90 Å². The maximum atomic E-state index is 12.8. The van der Waals surface area contributed by atoms with Crippen molar-refractivity contribution in [1.29, 1.82) is 0 Å². The molecule has 8 nitrogen and oxygen atoms in total. The minimum absolute atomic E-state index is 0.0597. The summed E-state index contributed by atoms with van der Waals surface area (Å²) >= 11 is 1.42. The second kappa shape index (κ2) is 10.2. The van der Waals surface area contributed by atoms with Gasteiger partial charge in [0.1, 0.15) is 0 Å². The number of para-hydroxylation sites is 1. The molecule has 176 valence electrons. The lowest BCUT2D eigenvalue weighted by Crippen LogP contribution is -2.41. The minimum Gasteiger partial charge on any atom is -0.394 e. The largest absolute Gasteiger partial charge is 0.493 e. The van der Waals surface area contributed by atoms with Crippen LogP contribution in [0.4, 0.5) is 13.2 Å². The fraction of sp³-hybridized carbons (Fsp3) is 0.550. The quantitative estimate of drug-likeness (QED) is 0.617. The zero-order valence-electron chi connectivity index (χ0n) is 17.3. The van der Waals surface area contributed by atoms with Crippen molar-refractivity contribution in [1.82, 2.24) is 14.6 Å². The van der Waals surface area contributed by atoms with Gasteiger partial charge in [-0.05, 0) is 44.5 Å². The van der Waals surface area contributed by atoms with Gasteiger partial charge in [0.05, 0.1) is 29.4 Å². The van der Waals surface area contributed by atoms with Gasteiger partial charge < -0.3 is 20.0 Å². The van der Waals surface area contributed by atoms with Crippen LogP contribution in [0.25, 0.3) is 10.9 Å². The molecule has 1 aliphatic heterocycles. The summed E-state index contributed by atoms with van der Waals surface area (Å²) < 4.78 is 38.6. The van der Waals surface area contributed by atoms with E-state index in [1.165, 1.54) is 17.8 Å². The summed E-state index contributed by atoms with van der Waals surface area (Å²) in [4.78, 5) is 35.0. The van der Waals surface area contributed by atoms with E-state index in [1.54, 1.807) is 19.1 Å². The number of halogens is 3. The molecule has 2 N–H and O–H groups in total. The monoisotopic (exact) mass is 475 g/mol. The van der Waals surface area contributed by atoms with E-state index in [-0.39, 0.29) is 28.8 Å². The Morgan fingerprint density at radius 3 is 2.66 bits per heavy atom. The topological polar surface area (TPSA) is 105 Å². The molecular formula is C20H24F3N3O5S. The van der Waals surface area contributed by atoms with E-state index in [0.717, 1.165) is 12.8 Å². The van der Waals surface area contributed by atoms with Crippen LogP contribution in [-0.4, -0.2) is 74.6 Å². The first-order chi connectivity index (χ1) is 15.1. The number of thioether (sulfide) groups is 1. The van der Waals surface area contributed by atoms with Crippen LogP contribution in [0.3, 0.4) is 0 Å². The van der Waals surface area contributed by atoms with Gasteiger partial charge in [-0.2, -0.15) is 24.9 Å². The number of carbonyl (C=O) groups excluding carboxylic acids is 1. The van der Waals surface area contributed by atoms with Gasteiger partial charge in [-0.3, -0.25) is 4.79 Å². The van der Waals surface area contributed by atoms with Crippen molar-refractivity contribution in [2.24, 2.45) is 0 Å². The predicted octanol–water partition coefficient (Wildman–Crippen LogP) is 1.27. The van der Waals surface area contributed by atoms with E-state index in [4.69, 9.17) is 5.11 Å². The highest BCUT2D eigenvalue weighted by molar-refractivity contribution is 7.99. The number of piperidine rings is 1. The molecule has 1 aromatic carbocycles. The molecule has 2 heterocycles. The maximum Gasteiger partial charge on any atom is 0.493 e. The average molecular weight is 475 g/mol. The number of hydrogen-bond acceptors (Lipinski definition) is 8. The Balaban J connectivity index is 1.79. The van der Waals surface area contributed by atoms with Crippen molar-refractivity contribution in [2.75, 3.05) is 26.2 Å². The van der Waals surface area contributed by atoms with Crippen molar-refractivity contribution in [3.8, 4) is 0 Å². The van der Waals surface area contributed by atoms with Crippen LogP contribution in [0.1, 0.15) is 24.2 Å². The normalized spacial score (nSPS) is 16.9. The van der Waals surface area contributed by atoms with E-state index in [9.17, 15) is 27.9 Å². The van der Waals surface area contributed by atoms with Crippen LogP contribution in [-0.2, 0) is 10.5 Å². The lowest BCUT2D eigenvalue weighted by Gasteiger charge is -2.32. The molecule has 1 saturated heterocycles. The molecular weight excluding hydrogens is 451 g/mol. The number of aromatic nitrogens is 2. The third-order valence-electron chi connectivity index (χ3n) is 5.20. The molecule has 0 amide bonds. The molecule has 1 aromatic heterocycles. The summed E-state index contributed by atoms with van der Waals surface area (Å²) in [6.45, 7) is 3.17. The van der Waals surface area contributed by atoms with Crippen molar-refractivity contribution in [3.63, 3.8) is 0 Å². The first kappa shape index (κ1) is 24.5. The third-order valence-corrected chi connectivity index (χ3v) is 6.56. The molecule has 12 heteroatoms. The fourth-order valence-electron chi connectivity index (χ4n) is 3.51. The van der Waals surface area contributed by atoms with Gasteiger partial charge in [0.15, 0.2) is 5.82 Å². The number of hydrogen-bond donors (Lipinski definition) is 2. The van der Waals surface area contributed by atoms with Crippen molar-refractivity contribution >= 4 is 28.6 Å². The van der Waals surface area contributed by atoms with Crippen molar-refractivity contribution < 1.29 is 33.0 Å². The number of alkyl halides is 3. The molecule has 1 atom stereocenters. The Kier molecular flexibility index (Phi) is 7.80. The Morgan fingerprint density at radius 1 is 1.34 bits per heavy atom. The molecule has 0 saturated carbocycles. The van der Waals surface area contributed by atoms with Crippen LogP contribution >= 0.6 is 11.8 Å². The Morgan fingerprint density at radius 2 is 2.03 bits per heavy atom. The molecule has 0 radical (unpaired) electrons. The summed E-state index contributed by atoms with van der Waals surface area (Å²) in [5.41, 5.74) is 0.149. The molecule has 0 bridgehead atoms. The Bertz CT molecular complexity index is 1020. The molecule has 0 unspecified atom stereocenters. The number of fused-ring (bicyclic) bond motifs is 1. The van der Waals surface area contributed by atoms with Gasteiger partial charge in [-0.1, -0.05) is 12.1 Å². The first-order valence-electron chi connectivity index (χ1n) is 10.0. The number of aliphatic hydroxyl groups excluding tert-OH is 2. The van der Waals surface area contributed by atoms with Gasteiger partial charge in [0.25, 0.3) is 5.56 Å². The molecule has 0 spiro atoms. The minimum atomic E-state index is -5.25. The number of rotatable bonds is 7. The predicted molar refractivity (Wildman–Crippen MR) is 112 cm³/mol. The second-order valence-corrected chi connectivity index (χ2v) is 8.91. The standard InChI is InChI=1S/C20H24F3N3O5S/c1-12-3-2-4-15-17(12)24-16(26(18(15)29)31-19(30)20(21,22)23)11-32-14-5-7-25(8-6-14)9-13(28)10-27/h2-4,13-14,27-28H,5-11H2,1H3/t13-/m1/s1. The van der Waals surface area contributed by atoms with Gasteiger partial charge in [-0.15, -0.1) is 4.73 Å². The number of aliphatic hydroxyl groups is 2. The van der Waals surface area contributed by atoms with Crippen LogP contribution in [0.2, 0.25) is 0 Å². The van der Waals surface area contributed by atoms with Gasteiger partial charge in [0.2, 0.25) is 0 Å². The van der Waals surface area contributed by atoms with Gasteiger partial charge in [-0.25, -0.2) is 9.78 Å². The highest BCUT2D eigenvalue weighted by Gasteiger charge is 2.42. The summed E-state index contributed by atoms with van der Waals surface area (Å²) in [5, 5.41) is 18.7. The van der Waals surface area contributed by atoms with E-state index < -0.39 is 23.8 Å².